The predicted molar refractivity (Wildman–Crippen MR) is 59.1 cm³/mol. The van der Waals surface area contributed by atoms with E-state index >= 15 is 0 Å². The number of rotatable bonds is 2. The van der Waals surface area contributed by atoms with E-state index in [0.717, 1.165) is 25.0 Å². The van der Waals surface area contributed by atoms with Crippen molar-refractivity contribution in [2.45, 2.75) is 32.2 Å². The summed E-state index contributed by atoms with van der Waals surface area (Å²) in [5.41, 5.74) is 5.84. The van der Waals surface area contributed by atoms with Crippen LogP contribution in [0.1, 0.15) is 26.2 Å². The highest BCUT2D eigenvalue weighted by Crippen LogP contribution is 2.27. The van der Waals surface area contributed by atoms with Gasteiger partial charge in [0.15, 0.2) is 5.96 Å². The molecule has 0 bridgehead atoms. The molecule has 2 aliphatic rings. The number of guanidine groups is 1. The summed E-state index contributed by atoms with van der Waals surface area (Å²) in [6, 6.07) is 0.560. The van der Waals surface area contributed by atoms with Gasteiger partial charge in [-0.15, -0.1) is 0 Å². The lowest BCUT2D eigenvalue weighted by molar-refractivity contribution is 0.243. The molecule has 0 aromatic heterocycles. The molecule has 2 N–H and O–H groups in total. The van der Waals surface area contributed by atoms with Crippen molar-refractivity contribution < 1.29 is 0 Å². The van der Waals surface area contributed by atoms with Gasteiger partial charge in [0.1, 0.15) is 0 Å². The molecule has 78 valence electrons. The first-order valence-corrected chi connectivity index (χ1v) is 5.54. The zero-order chi connectivity index (χ0) is 9.97. The second-order valence-corrected chi connectivity index (χ2v) is 4.10. The van der Waals surface area contributed by atoms with Crippen molar-refractivity contribution >= 4 is 5.96 Å². The maximum atomic E-state index is 5.84. The van der Waals surface area contributed by atoms with Gasteiger partial charge in [0.2, 0.25) is 0 Å². The van der Waals surface area contributed by atoms with E-state index in [1.807, 2.05) is 0 Å². The smallest absolute Gasteiger partial charge is 0.191 e. The summed E-state index contributed by atoms with van der Waals surface area (Å²) in [4.78, 5) is 6.60. The van der Waals surface area contributed by atoms with Crippen molar-refractivity contribution in [3.8, 4) is 0 Å². The molecule has 0 saturated carbocycles. The average Bonchev–Trinajstić information content (AvgIpc) is 2.61. The van der Waals surface area contributed by atoms with Gasteiger partial charge in [-0.05, 0) is 32.1 Å². The van der Waals surface area contributed by atoms with E-state index in [-0.39, 0.29) is 0 Å². The number of hydrogen-bond donors (Lipinski definition) is 1. The molecule has 1 aliphatic carbocycles. The summed E-state index contributed by atoms with van der Waals surface area (Å²) in [5, 5.41) is 0. The van der Waals surface area contributed by atoms with Gasteiger partial charge in [0.05, 0.1) is 12.6 Å². The monoisotopic (exact) mass is 193 g/mol. The standard InChI is InChI=1S/C11H19N3/c1-2-14-10(8-13-11(14)12)9-6-4-3-5-7-9/h3-4,9-10H,2,5-8H2,1H3,(H2,12,13). The Kier molecular flexibility index (Phi) is 2.75. The van der Waals surface area contributed by atoms with Gasteiger partial charge >= 0.3 is 0 Å². The van der Waals surface area contributed by atoms with Crippen LogP contribution in [0.4, 0.5) is 0 Å². The fraction of sp³-hybridized carbons (Fsp3) is 0.727. The summed E-state index contributed by atoms with van der Waals surface area (Å²) in [5.74, 6) is 1.50. The number of aliphatic imine (C=N–C) groups is 1. The Morgan fingerprint density at radius 2 is 2.43 bits per heavy atom. The lowest BCUT2D eigenvalue weighted by atomic mass is 9.87. The van der Waals surface area contributed by atoms with Crippen LogP contribution in [-0.4, -0.2) is 30.0 Å². The molecule has 0 spiro atoms. The highest BCUT2D eigenvalue weighted by Gasteiger charge is 2.31. The van der Waals surface area contributed by atoms with E-state index < -0.39 is 0 Å². The maximum absolute atomic E-state index is 5.84. The molecule has 0 amide bonds. The van der Waals surface area contributed by atoms with Crippen molar-refractivity contribution in [1.82, 2.24) is 4.90 Å². The quantitative estimate of drug-likeness (QED) is 0.673. The first-order chi connectivity index (χ1) is 6.83. The summed E-state index contributed by atoms with van der Waals surface area (Å²) in [6.45, 7) is 4.04. The second kappa shape index (κ2) is 4.03. The molecule has 0 fully saturated rings. The maximum Gasteiger partial charge on any atom is 0.191 e. The van der Waals surface area contributed by atoms with Gasteiger partial charge in [-0.3, -0.25) is 4.99 Å². The molecule has 3 nitrogen and oxygen atoms in total. The number of nitrogens with zero attached hydrogens (tertiary/aromatic N) is 2. The fourth-order valence-corrected chi connectivity index (χ4v) is 2.51. The summed E-state index contributed by atoms with van der Waals surface area (Å²) in [7, 11) is 0. The molecule has 0 saturated heterocycles. The van der Waals surface area contributed by atoms with Crippen molar-refractivity contribution in [1.29, 1.82) is 0 Å². The SMILES string of the molecule is CCN1C(N)=NCC1C1CC=CCC1. The Morgan fingerprint density at radius 3 is 3.07 bits per heavy atom. The Labute approximate surface area is 85.7 Å². The van der Waals surface area contributed by atoms with Crippen molar-refractivity contribution in [2.75, 3.05) is 13.1 Å². The van der Waals surface area contributed by atoms with Crippen LogP contribution in [0.3, 0.4) is 0 Å². The minimum atomic E-state index is 0.560. The van der Waals surface area contributed by atoms with Gasteiger partial charge in [-0.2, -0.15) is 0 Å². The number of allylic oxidation sites excluding steroid dienone is 2. The Balaban J connectivity index is 2.01. The lowest BCUT2D eigenvalue weighted by Crippen LogP contribution is -2.44. The molecule has 2 rings (SSSR count). The highest BCUT2D eigenvalue weighted by molar-refractivity contribution is 5.80. The Bertz CT molecular complexity index is 257. The zero-order valence-corrected chi connectivity index (χ0v) is 8.82. The van der Waals surface area contributed by atoms with Crippen LogP contribution in [0, 0.1) is 5.92 Å². The second-order valence-electron chi connectivity index (χ2n) is 4.10. The van der Waals surface area contributed by atoms with Crippen LogP contribution in [0.2, 0.25) is 0 Å². The molecule has 0 radical (unpaired) electrons. The van der Waals surface area contributed by atoms with Gasteiger partial charge in [-0.1, -0.05) is 12.2 Å². The molecule has 0 aromatic carbocycles. The summed E-state index contributed by atoms with van der Waals surface area (Å²) in [6.07, 6.45) is 8.30. The van der Waals surface area contributed by atoms with Gasteiger partial charge < -0.3 is 10.6 Å². The van der Waals surface area contributed by atoms with Crippen LogP contribution in [0.5, 0.6) is 0 Å². The third kappa shape index (κ3) is 1.63. The largest absolute Gasteiger partial charge is 0.370 e. The molecule has 2 unspecified atom stereocenters. The first-order valence-electron chi connectivity index (χ1n) is 5.54. The van der Waals surface area contributed by atoms with Crippen LogP contribution in [0.25, 0.3) is 0 Å². The number of hydrogen-bond acceptors (Lipinski definition) is 3. The molecular weight excluding hydrogens is 174 g/mol. The van der Waals surface area contributed by atoms with Crippen molar-refractivity contribution in [3.63, 3.8) is 0 Å². The van der Waals surface area contributed by atoms with Crippen molar-refractivity contribution in [2.24, 2.45) is 16.6 Å². The molecule has 1 aliphatic heterocycles. The van der Waals surface area contributed by atoms with Crippen molar-refractivity contribution in [3.05, 3.63) is 12.2 Å². The Morgan fingerprint density at radius 1 is 1.57 bits per heavy atom. The van der Waals surface area contributed by atoms with E-state index in [2.05, 4.69) is 29.0 Å². The van der Waals surface area contributed by atoms with E-state index in [4.69, 9.17) is 5.73 Å². The summed E-state index contributed by atoms with van der Waals surface area (Å²) >= 11 is 0. The average molecular weight is 193 g/mol. The zero-order valence-electron chi connectivity index (χ0n) is 8.82. The van der Waals surface area contributed by atoms with E-state index in [1.165, 1.54) is 19.3 Å². The third-order valence-corrected chi connectivity index (χ3v) is 3.33. The van der Waals surface area contributed by atoms with E-state index in [1.54, 1.807) is 0 Å². The van der Waals surface area contributed by atoms with Gasteiger partial charge in [-0.25, -0.2) is 0 Å². The van der Waals surface area contributed by atoms with Gasteiger partial charge in [0, 0.05) is 6.54 Å². The minimum Gasteiger partial charge on any atom is -0.370 e. The normalized spacial score (nSPS) is 32.1. The Hall–Kier alpha value is -0.990. The molecule has 0 aromatic rings. The molecular formula is C11H19N3. The van der Waals surface area contributed by atoms with Crippen LogP contribution < -0.4 is 5.73 Å². The highest BCUT2D eigenvalue weighted by atomic mass is 15.3. The number of nitrogens with two attached hydrogens (primary N) is 1. The van der Waals surface area contributed by atoms with Gasteiger partial charge in [0.25, 0.3) is 0 Å². The third-order valence-electron chi connectivity index (χ3n) is 3.33. The van der Waals surface area contributed by atoms with Crippen LogP contribution >= 0.6 is 0 Å². The lowest BCUT2D eigenvalue weighted by Gasteiger charge is -2.32. The minimum absolute atomic E-state index is 0.560. The topological polar surface area (TPSA) is 41.6 Å². The number of likely N-dealkylation sites (N-methyl/N-ethyl adjacent to an activating group) is 1. The fourth-order valence-electron chi connectivity index (χ4n) is 2.51. The summed E-state index contributed by atoms with van der Waals surface area (Å²) < 4.78 is 0. The molecule has 3 heteroatoms. The molecule has 14 heavy (non-hydrogen) atoms. The van der Waals surface area contributed by atoms with Crippen LogP contribution in [0.15, 0.2) is 17.1 Å². The van der Waals surface area contributed by atoms with Crippen LogP contribution in [-0.2, 0) is 0 Å². The van der Waals surface area contributed by atoms with E-state index in [0.29, 0.717) is 6.04 Å². The van der Waals surface area contributed by atoms with E-state index in [9.17, 15) is 0 Å². The molecule has 1 heterocycles. The molecule has 2 atom stereocenters. The predicted octanol–water partition coefficient (Wildman–Crippen LogP) is 1.36. The first kappa shape index (κ1) is 9.56.